The van der Waals surface area contributed by atoms with Gasteiger partial charge in [0.25, 0.3) is 0 Å². The minimum absolute atomic E-state index is 0.0630. The zero-order valence-corrected chi connectivity index (χ0v) is 13.2. The number of carboxylic acid groups (broad SMARTS) is 1. The van der Waals surface area contributed by atoms with Crippen molar-refractivity contribution < 1.29 is 14.7 Å². The molecule has 0 spiro atoms. The third-order valence-electron chi connectivity index (χ3n) is 3.65. The number of fused-ring (bicyclic) bond motifs is 1. The minimum atomic E-state index is -1.12. The van der Waals surface area contributed by atoms with E-state index in [2.05, 4.69) is 15.4 Å². The summed E-state index contributed by atoms with van der Waals surface area (Å²) in [5, 5.41) is 25.0. The molecule has 8 heteroatoms. The Balaban J connectivity index is 2.04. The Kier molecular flexibility index (Phi) is 4.14. The van der Waals surface area contributed by atoms with Gasteiger partial charge in [-0.1, -0.05) is 12.1 Å². The molecule has 1 amide bonds. The number of aromatic nitrogens is 3. The summed E-state index contributed by atoms with van der Waals surface area (Å²) in [7, 11) is 1.64. The van der Waals surface area contributed by atoms with Gasteiger partial charge in [0.1, 0.15) is 6.42 Å². The Bertz CT molecular complexity index is 1020. The summed E-state index contributed by atoms with van der Waals surface area (Å²) >= 11 is 0. The van der Waals surface area contributed by atoms with Gasteiger partial charge in [0.15, 0.2) is 11.3 Å². The Morgan fingerprint density at radius 3 is 2.64 bits per heavy atom. The molecule has 25 heavy (non-hydrogen) atoms. The number of nitrogens with one attached hydrogen (secondary N) is 1. The average Bonchev–Trinajstić information content (AvgIpc) is 2.93. The van der Waals surface area contributed by atoms with Crippen LogP contribution in [-0.2, 0) is 11.8 Å². The fourth-order valence-electron chi connectivity index (χ4n) is 2.58. The molecular weight excluding hydrogens is 322 g/mol. The summed E-state index contributed by atoms with van der Waals surface area (Å²) in [4.78, 5) is 27.1. The van der Waals surface area contributed by atoms with Crippen molar-refractivity contribution in [2.75, 3.05) is 5.32 Å². The maximum atomic E-state index is 11.5. The van der Waals surface area contributed by atoms with Crippen molar-refractivity contribution in [1.82, 2.24) is 14.8 Å². The van der Waals surface area contributed by atoms with Crippen LogP contribution in [0.1, 0.15) is 16.9 Å². The second kappa shape index (κ2) is 6.41. The third kappa shape index (κ3) is 3.03. The standard InChI is InChI=1S/C17H13N5O3/c1-22-16-14(15(21-22)17(24)25)12(7-9-19-16)10-2-4-11(5-3-10)20-13(23)6-8-18/h2-5,7,9H,6H2,1H3,(H,20,23)(H,24,25). The number of aromatic carboxylic acids is 1. The Labute approximate surface area is 142 Å². The lowest BCUT2D eigenvalue weighted by Gasteiger charge is -2.07. The lowest BCUT2D eigenvalue weighted by atomic mass is 10.0. The van der Waals surface area contributed by atoms with Gasteiger partial charge >= 0.3 is 5.97 Å². The maximum Gasteiger partial charge on any atom is 0.357 e. The van der Waals surface area contributed by atoms with Gasteiger partial charge in [-0.15, -0.1) is 0 Å². The number of amides is 1. The number of pyridine rings is 1. The Morgan fingerprint density at radius 2 is 2.00 bits per heavy atom. The zero-order valence-electron chi connectivity index (χ0n) is 13.2. The molecular formula is C17H13N5O3. The molecule has 0 saturated carbocycles. The van der Waals surface area contributed by atoms with E-state index in [9.17, 15) is 14.7 Å². The SMILES string of the molecule is Cn1nc(C(=O)O)c2c(-c3ccc(NC(=O)CC#N)cc3)ccnc21. The van der Waals surface area contributed by atoms with Crippen LogP contribution in [0.5, 0.6) is 0 Å². The van der Waals surface area contributed by atoms with E-state index in [1.807, 2.05) is 0 Å². The monoisotopic (exact) mass is 335 g/mol. The molecule has 0 atom stereocenters. The number of hydrogen-bond acceptors (Lipinski definition) is 5. The first-order chi connectivity index (χ1) is 12.0. The summed E-state index contributed by atoms with van der Waals surface area (Å²) in [6, 6.07) is 10.4. The van der Waals surface area contributed by atoms with Crippen molar-refractivity contribution in [3.8, 4) is 17.2 Å². The van der Waals surface area contributed by atoms with Gasteiger partial charge in [0.2, 0.25) is 5.91 Å². The van der Waals surface area contributed by atoms with E-state index in [1.54, 1.807) is 49.6 Å². The van der Waals surface area contributed by atoms with Crippen molar-refractivity contribution in [3.63, 3.8) is 0 Å². The van der Waals surface area contributed by atoms with Gasteiger partial charge in [0.05, 0.1) is 11.5 Å². The number of carboxylic acids is 1. The van der Waals surface area contributed by atoms with Crippen LogP contribution in [-0.4, -0.2) is 31.7 Å². The van der Waals surface area contributed by atoms with Crippen LogP contribution in [0.3, 0.4) is 0 Å². The summed E-state index contributed by atoms with van der Waals surface area (Å²) in [6.45, 7) is 0. The van der Waals surface area contributed by atoms with Gasteiger partial charge < -0.3 is 10.4 Å². The van der Waals surface area contributed by atoms with E-state index in [1.165, 1.54) is 4.68 Å². The topological polar surface area (TPSA) is 121 Å². The number of aryl methyl sites for hydroxylation is 1. The first kappa shape index (κ1) is 16.1. The van der Waals surface area contributed by atoms with E-state index in [0.29, 0.717) is 22.3 Å². The first-order valence-corrected chi connectivity index (χ1v) is 7.33. The molecule has 0 fully saturated rings. The zero-order chi connectivity index (χ0) is 18.0. The number of anilines is 1. The van der Waals surface area contributed by atoms with E-state index in [4.69, 9.17) is 5.26 Å². The summed E-state index contributed by atoms with van der Waals surface area (Å²) < 4.78 is 1.43. The molecule has 2 heterocycles. The van der Waals surface area contributed by atoms with Gasteiger partial charge in [0, 0.05) is 18.9 Å². The number of carbonyl (C=O) groups is 2. The van der Waals surface area contributed by atoms with Gasteiger partial charge in [-0.2, -0.15) is 10.4 Å². The summed E-state index contributed by atoms with van der Waals surface area (Å²) in [5.41, 5.74) is 2.42. The highest BCUT2D eigenvalue weighted by Crippen LogP contribution is 2.30. The molecule has 1 aromatic carbocycles. The normalized spacial score (nSPS) is 10.4. The molecule has 0 unspecified atom stereocenters. The van der Waals surface area contributed by atoms with Gasteiger partial charge in [-0.25, -0.2) is 14.5 Å². The highest BCUT2D eigenvalue weighted by Gasteiger charge is 2.19. The van der Waals surface area contributed by atoms with Gasteiger partial charge in [-0.3, -0.25) is 4.79 Å². The summed E-state index contributed by atoms with van der Waals surface area (Å²) in [6.07, 6.45) is 1.37. The second-order valence-electron chi connectivity index (χ2n) is 5.29. The van der Waals surface area contributed by atoms with Crippen LogP contribution in [0.15, 0.2) is 36.5 Å². The lowest BCUT2D eigenvalue weighted by Crippen LogP contribution is -2.09. The van der Waals surface area contributed by atoms with Crippen LogP contribution in [0.25, 0.3) is 22.2 Å². The van der Waals surface area contributed by atoms with Crippen molar-refractivity contribution in [2.45, 2.75) is 6.42 Å². The Hall–Kier alpha value is -3.73. The highest BCUT2D eigenvalue weighted by molar-refractivity contribution is 6.07. The second-order valence-corrected chi connectivity index (χ2v) is 5.29. The summed E-state index contributed by atoms with van der Waals surface area (Å²) in [5.74, 6) is -1.51. The van der Waals surface area contributed by atoms with Crippen molar-refractivity contribution in [3.05, 3.63) is 42.2 Å². The third-order valence-corrected chi connectivity index (χ3v) is 3.65. The molecule has 3 aromatic rings. The molecule has 3 rings (SSSR count). The van der Waals surface area contributed by atoms with Crippen LogP contribution < -0.4 is 5.32 Å². The van der Waals surface area contributed by atoms with Gasteiger partial charge in [-0.05, 0) is 29.3 Å². The van der Waals surface area contributed by atoms with Crippen LogP contribution in [0.2, 0.25) is 0 Å². The van der Waals surface area contributed by atoms with Crippen molar-refractivity contribution in [1.29, 1.82) is 5.26 Å². The number of hydrogen-bond donors (Lipinski definition) is 2. The molecule has 0 aliphatic rings. The van der Waals surface area contributed by atoms with E-state index < -0.39 is 5.97 Å². The molecule has 2 aromatic heterocycles. The van der Waals surface area contributed by atoms with E-state index >= 15 is 0 Å². The molecule has 0 aliphatic carbocycles. The smallest absolute Gasteiger partial charge is 0.357 e. The largest absolute Gasteiger partial charge is 0.476 e. The molecule has 2 N–H and O–H groups in total. The molecule has 0 aliphatic heterocycles. The van der Waals surface area contributed by atoms with Crippen LogP contribution in [0.4, 0.5) is 5.69 Å². The van der Waals surface area contributed by atoms with E-state index in [-0.39, 0.29) is 18.0 Å². The number of carbonyl (C=O) groups excluding carboxylic acids is 1. The predicted octanol–water partition coefficient (Wildman–Crippen LogP) is 2.19. The highest BCUT2D eigenvalue weighted by atomic mass is 16.4. The number of rotatable bonds is 4. The molecule has 124 valence electrons. The fourth-order valence-corrected chi connectivity index (χ4v) is 2.58. The minimum Gasteiger partial charge on any atom is -0.476 e. The molecule has 8 nitrogen and oxygen atoms in total. The molecule has 0 bridgehead atoms. The maximum absolute atomic E-state index is 11.5. The molecule has 0 saturated heterocycles. The fraction of sp³-hybridized carbons (Fsp3) is 0.118. The average molecular weight is 335 g/mol. The van der Waals surface area contributed by atoms with Crippen molar-refractivity contribution in [2.24, 2.45) is 7.05 Å². The van der Waals surface area contributed by atoms with Crippen LogP contribution in [0, 0.1) is 11.3 Å². The lowest BCUT2D eigenvalue weighted by molar-refractivity contribution is -0.115. The molecule has 0 radical (unpaired) electrons. The quantitative estimate of drug-likeness (QED) is 0.754. The first-order valence-electron chi connectivity index (χ1n) is 7.33. The predicted molar refractivity (Wildman–Crippen MR) is 89.8 cm³/mol. The van der Waals surface area contributed by atoms with Crippen molar-refractivity contribution >= 4 is 28.6 Å². The number of nitriles is 1. The van der Waals surface area contributed by atoms with Crippen LogP contribution >= 0.6 is 0 Å². The number of nitrogens with zero attached hydrogens (tertiary/aromatic N) is 4. The van der Waals surface area contributed by atoms with E-state index in [0.717, 1.165) is 5.56 Å². The Morgan fingerprint density at radius 1 is 1.28 bits per heavy atom. The number of benzene rings is 1.